The van der Waals surface area contributed by atoms with E-state index < -0.39 is 10.7 Å². The second kappa shape index (κ2) is 6.69. The summed E-state index contributed by atoms with van der Waals surface area (Å²) in [5, 5.41) is 13.8. The monoisotopic (exact) mass is 290 g/mol. The maximum Gasteiger partial charge on any atom is 0.272 e. The molecule has 0 saturated carbocycles. The van der Waals surface area contributed by atoms with Gasteiger partial charge in [-0.3, -0.25) is 10.1 Å². The molecule has 2 rings (SSSR count). The Bertz CT molecular complexity index is 647. The van der Waals surface area contributed by atoms with Crippen LogP contribution in [0.2, 0.25) is 0 Å². The number of rotatable bonds is 6. The summed E-state index contributed by atoms with van der Waals surface area (Å²) in [5.74, 6) is 0.0602. The van der Waals surface area contributed by atoms with Crippen molar-refractivity contribution in [3.63, 3.8) is 0 Å². The van der Waals surface area contributed by atoms with E-state index >= 15 is 0 Å². The standard InChI is InChI=1S/C15H15FN2O3/c1-2-21-15-6-4-3-5-14(15)17-10-11-7-12(16)9-13(8-11)18(19)20/h3-9,17H,2,10H2,1H3. The van der Waals surface area contributed by atoms with Crippen LogP contribution in [0.4, 0.5) is 15.8 Å². The second-order valence-electron chi connectivity index (χ2n) is 4.36. The van der Waals surface area contributed by atoms with Gasteiger partial charge in [0, 0.05) is 12.6 Å². The predicted octanol–water partition coefficient (Wildman–Crippen LogP) is 3.74. The largest absolute Gasteiger partial charge is 0.492 e. The third-order valence-corrected chi connectivity index (χ3v) is 2.82. The van der Waals surface area contributed by atoms with Gasteiger partial charge in [-0.1, -0.05) is 12.1 Å². The molecule has 0 aliphatic carbocycles. The van der Waals surface area contributed by atoms with Crippen LogP contribution in [0.1, 0.15) is 12.5 Å². The number of non-ortho nitro benzene ring substituents is 1. The summed E-state index contributed by atoms with van der Waals surface area (Å²) in [6.45, 7) is 2.68. The van der Waals surface area contributed by atoms with E-state index in [0.717, 1.165) is 11.8 Å². The molecule has 2 aromatic carbocycles. The fourth-order valence-electron chi connectivity index (χ4n) is 1.93. The molecule has 0 saturated heterocycles. The normalized spacial score (nSPS) is 10.2. The Labute approximate surface area is 121 Å². The number of hydrogen-bond acceptors (Lipinski definition) is 4. The second-order valence-corrected chi connectivity index (χ2v) is 4.36. The van der Waals surface area contributed by atoms with Crippen LogP contribution in [0.3, 0.4) is 0 Å². The Balaban J connectivity index is 2.15. The third-order valence-electron chi connectivity index (χ3n) is 2.82. The van der Waals surface area contributed by atoms with Crippen LogP contribution < -0.4 is 10.1 Å². The van der Waals surface area contributed by atoms with Gasteiger partial charge in [-0.05, 0) is 30.7 Å². The molecule has 0 fully saturated rings. The van der Waals surface area contributed by atoms with Crippen LogP contribution in [-0.4, -0.2) is 11.5 Å². The zero-order valence-electron chi connectivity index (χ0n) is 11.5. The van der Waals surface area contributed by atoms with Gasteiger partial charge in [-0.2, -0.15) is 0 Å². The summed E-state index contributed by atoms with van der Waals surface area (Å²) in [5.41, 5.74) is 0.990. The van der Waals surface area contributed by atoms with Crippen molar-refractivity contribution >= 4 is 11.4 Å². The molecule has 0 spiro atoms. The molecule has 0 unspecified atom stereocenters. The van der Waals surface area contributed by atoms with E-state index in [2.05, 4.69) is 5.32 Å². The number of anilines is 1. The smallest absolute Gasteiger partial charge is 0.272 e. The van der Waals surface area contributed by atoms with Crippen molar-refractivity contribution in [3.8, 4) is 5.75 Å². The van der Waals surface area contributed by atoms with Crippen molar-refractivity contribution in [1.29, 1.82) is 0 Å². The lowest BCUT2D eigenvalue weighted by atomic mass is 10.2. The Hall–Kier alpha value is -2.63. The summed E-state index contributed by atoms with van der Waals surface area (Å²) < 4.78 is 18.8. The zero-order chi connectivity index (χ0) is 15.2. The predicted molar refractivity (Wildman–Crippen MR) is 78.0 cm³/mol. The first-order valence-corrected chi connectivity index (χ1v) is 6.49. The first-order valence-electron chi connectivity index (χ1n) is 6.49. The first-order chi connectivity index (χ1) is 10.1. The van der Waals surface area contributed by atoms with E-state index in [0.29, 0.717) is 17.9 Å². The molecule has 110 valence electrons. The molecule has 6 heteroatoms. The van der Waals surface area contributed by atoms with Gasteiger partial charge in [0.15, 0.2) is 0 Å². The van der Waals surface area contributed by atoms with Crippen molar-refractivity contribution in [2.45, 2.75) is 13.5 Å². The highest BCUT2D eigenvalue weighted by Gasteiger charge is 2.10. The minimum absolute atomic E-state index is 0.259. The minimum Gasteiger partial charge on any atom is -0.492 e. The number of nitrogens with one attached hydrogen (secondary N) is 1. The summed E-state index contributed by atoms with van der Waals surface area (Å²) in [4.78, 5) is 10.1. The van der Waals surface area contributed by atoms with E-state index in [1.165, 1.54) is 12.1 Å². The van der Waals surface area contributed by atoms with E-state index in [1.807, 2.05) is 31.2 Å². The van der Waals surface area contributed by atoms with E-state index in [9.17, 15) is 14.5 Å². The fraction of sp³-hybridized carbons (Fsp3) is 0.200. The lowest BCUT2D eigenvalue weighted by molar-refractivity contribution is -0.385. The summed E-state index contributed by atoms with van der Waals surface area (Å²) in [6.07, 6.45) is 0. The highest BCUT2D eigenvalue weighted by atomic mass is 19.1. The van der Waals surface area contributed by atoms with E-state index in [-0.39, 0.29) is 12.2 Å². The maximum atomic E-state index is 13.4. The number of hydrogen-bond donors (Lipinski definition) is 1. The van der Waals surface area contributed by atoms with E-state index in [1.54, 1.807) is 0 Å². The number of halogens is 1. The highest BCUT2D eigenvalue weighted by molar-refractivity contribution is 5.56. The molecule has 1 N–H and O–H groups in total. The molecule has 0 bridgehead atoms. The molecule has 0 amide bonds. The van der Waals surface area contributed by atoms with Crippen LogP contribution in [-0.2, 0) is 6.54 Å². The average Bonchev–Trinajstić information content (AvgIpc) is 2.46. The fourth-order valence-corrected chi connectivity index (χ4v) is 1.93. The maximum absolute atomic E-state index is 13.4. The van der Waals surface area contributed by atoms with Crippen LogP contribution in [0.25, 0.3) is 0 Å². The summed E-state index contributed by atoms with van der Waals surface area (Å²) in [6, 6.07) is 10.9. The number of nitrogens with zero attached hydrogens (tertiary/aromatic N) is 1. The van der Waals surface area contributed by atoms with Gasteiger partial charge in [-0.15, -0.1) is 0 Å². The Morgan fingerprint density at radius 1 is 1.29 bits per heavy atom. The zero-order valence-corrected chi connectivity index (χ0v) is 11.5. The Kier molecular flexibility index (Phi) is 4.71. The highest BCUT2D eigenvalue weighted by Crippen LogP contribution is 2.25. The average molecular weight is 290 g/mol. The molecule has 2 aromatic rings. The molecular formula is C15H15FN2O3. The Morgan fingerprint density at radius 3 is 2.76 bits per heavy atom. The van der Waals surface area contributed by atoms with Crippen LogP contribution >= 0.6 is 0 Å². The minimum atomic E-state index is -0.626. The van der Waals surface area contributed by atoms with Crippen molar-refractivity contribution in [3.05, 3.63) is 64.0 Å². The van der Waals surface area contributed by atoms with Gasteiger partial charge >= 0.3 is 0 Å². The topological polar surface area (TPSA) is 64.4 Å². The number of ether oxygens (including phenoxy) is 1. The lowest BCUT2D eigenvalue weighted by Crippen LogP contribution is -2.03. The molecule has 5 nitrogen and oxygen atoms in total. The SMILES string of the molecule is CCOc1ccccc1NCc1cc(F)cc([N+](=O)[O-])c1. The van der Waals surface area contributed by atoms with Gasteiger partial charge in [0.1, 0.15) is 11.6 Å². The molecule has 0 atom stereocenters. The quantitative estimate of drug-likeness (QED) is 0.650. The Morgan fingerprint density at radius 2 is 2.05 bits per heavy atom. The number of benzene rings is 2. The van der Waals surface area contributed by atoms with Crippen LogP contribution in [0.15, 0.2) is 42.5 Å². The molecule has 0 aliphatic heterocycles. The first kappa shape index (κ1) is 14.8. The van der Waals surface area contributed by atoms with Crippen molar-refractivity contribution in [2.24, 2.45) is 0 Å². The molecule has 21 heavy (non-hydrogen) atoms. The molecule has 0 heterocycles. The van der Waals surface area contributed by atoms with Crippen molar-refractivity contribution < 1.29 is 14.1 Å². The van der Waals surface area contributed by atoms with Gasteiger partial charge < -0.3 is 10.1 Å². The molecule has 0 aliphatic rings. The van der Waals surface area contributed by atoms with E-state index in [4.69, 9.17) is 4.74 Å². The number of nitro benzene ring substituents is 1. The van der Waals surface area contributed by atoms with Crippen molar-refractivity contribution in [1.82, 2.24) is 0 Å². The molecule has 0 radical (unpaired) electrons. The molecular weight excluding hydrogens is 275 g/mol. The summed E-state index contributed by atoms with van der Waals surface area (Å²) in [7, 11) is 0. The number of nitro groups is 1. The third kappa shape index (κ3) is 3.92. The van der Waals surface area contributed by atoms with Gasteiger partial charge in [0.2, 0.25) is 0 Å². The van der Waals surface area contributed by atoms with Gasteiger partial charge in [0.25, 0.3) is 5.69 Å². The summed E-state index contributed by atoms with van der Waals surface area (Å²) >= 11 is 0. The van der Waals surface area contributed by atoms with Gasteiger partial charge in [0.05, 0.1) is 23.3 Å². The molecule has 0 aromatic heterocycles. The van der Waals surface area contributed by atoms with Crippen LogP contribution in [0.5, 0.6) is 5.75 Å². The lowest BCUT2D eigenvalue weighted by Gasteiger charge is -2.12. The van der Waals surface area contributed by atoms with Crippen molar-refractivity contribution in [2.75, 3.05) is 11.9 Å². The van der Waals surface area contributed by atoms with Gasteiger partial charge in [-0.25, -0.2) is 4.39 Å². The van der Waals surface area contributed by atoms with Crippen LogP contribution in [0, 0.1) is 15.9 Å². The number of para-hydroxylation sites is 2.